The van der Waals surface area contributed by atoms with Gasteiger partial charge in [-0.05, 0) is 58.2 Å². The predicted molar refractivity (Wildman–Crippen MR) is 117 cm³/mol. The van der Waals surface area contributed by atoms with Crippen LogP contribution in [0.3, 0.4) is 0 Å². The molecule has 1 aromatic carbocycles. The first-order valence-electron chi connectivity index (χ1n) is 10.0. The summed E-state index contributed by atoms with van der Waals surface area (Å²) in [4.78, 5) is 12.8. The van der Waals surface area contributed by atoms with Gasteiger partial charge in [-0.1, -0.05) is 42.4 Å². The quantitative estimate of drug-likeness (QED) is 0.521. The molecule has 0 fully saturated rings. The zero-order chi connectivity index (χ0) is 21.4. The summed E-state index contributed by atoms with van der Waals surface area (Å²) < 4.78 is 11.7. The van der Waals surface area contributed by atoms with E-state index in [9.17, 15) is 9.90 Å². The molecular weight excluding hydrogens is 364 g/mol. The average Bonchev–Trinajstić information content (AvgIpc) is 2.60. The van der Waals surface area contributed by atoms with E-state index in [1.165, 1.54) is 5.57 Å². The molecule has 154 valence electrons. The molecule has 2 heterocycles. The number of benzene rings is 1. The van der Waals surface area contributed by atoms with Crippen LogP contribution in [0.25, 0.3) is 11.0 Å². The highest BCUT2D eigenvalue weighted by atomic mass is 16.6. The lowest BCUT2D eigenvalue weighted by Crippen LogP contribution is -2.47. The molecule has 0 saturated heterocycles. The monoisotopic (exact) mass is 394 g/mol. The van der Waals surface area contributed by atoms with Gasteiger partial charge in [-0.15, -0.1) is 6.58 Å². The van der Waals surface area contributed by atoms with Crippen LogP contribution in [-0.2, 0) is 5.41 Å². The summed E-state index contributed by atoms with van der Waals surface area (Å²) in [5.41, 5.74) is 2.85. The van der Waals surface area contributed by atoms with Crippen molar-refractivity contribution in [3.8, 4) is 5.75 Å². The second-order valence-corrected chi connectivity index (χ2v) is 8.60. The van der Waals surface area contributed by atoms with E-state index in [-0.39, 0.29) is 6.42 Å². The van der Waals surface area contributed by atoms with E-state index in [1.54, 1.807) is 18.2 Å². The van der Waals surface area contributed by atoms with Crippen LogP contribution in [0.1, 0.15) is 58.1 Å². The first kappa shape index (κ1) is 21.1. The van der Waals surface area contributed by atoms with E-state index in [0.29, 0.717) is 22.3 Å². The minimum Gasteiger partial charge on any atom is -0.457 e. The third kappa shape index (κ3) is 4.08. The van der Waals surface area contributed by atoms with Gasteiger partial charge in [0.1, 0.15) is 11.3 Å². The zero-order valence-corrected chi connectivity index (χ0v) is 18.0. The molecule has 3 rings (SSSR count). The Labute approximate surface area is 172 Å². The van der Waals surface area contributed by atoms with Crippen molar-refractivity contribution in [2.75, 3.05) is 0 Å². The summed E-state index contributed by atoms with van der Waals surface area (Å²) in [6, 6.07) is 5.51. The lowest BCUT2D eigenvalue weighted by Gasteiger charge is -2.41. The Bertz CT molecular complexity index is 1070. The number of ether oxygens (including phenoxy) is 1. The molecule has 0 spiro atoms. The van der Waals surface area contributed by atoms with E-state index in [2.05, 4.69) is 26.5 Å². The molecule has 0 bridgehead atoms. The molecule has 1 aliphatic heterocycles. The summed E-state index contributed by atoms with van der Waals surface area (Å²) in [6.07, 6.45) is 7.57. The van der Waals surface area contributed by atoms with Crippen LogP contribution in [0.5, 0.6) is 5.75 Å². The van der Waals surface area contributed by atoms with Gasteiger partial charge in [-0.25, -0.2) is 4.79 Å². The fourth-order valence-electron chi connectivity index (χ4n) is 4.11. The minimum absolute atomic E-state index is 0.193. The van der Waals surface area contributed by atoms with Crippen LogP contribution in [0, 0.1) is 6.92 Å². The van der Waals surface area contributed by atoms with Gasteiger partial charge < -0.3 is 14.3 Å². The number of aliphatic hydroxyl groups is 1. The van der Waals surface area contributed by atoms with Crippen molar-refractivity contribution in [1.82, 2.24) is 0 Å². The molecule has 29 heavy (non-hydrogen) atoms. The van der Waals surface area contributed by atoms with Gasteiger partial charge in [0.05, 0.1) is 10.9 Å². The Balaban J connectivity index is 2.15. The summed E-state index contributed by atoms with van der Waals surface area (Å²) in [5.74, 6) is -1.15. The summed E-state index contributed by atoms with van der Waals surface area (Å²) in [5, 5.41) is 12.1. The maximum absolute atomic E-state index is 12.8. The average molecular weight is 395 g/mol. The van der Waals surface area contributed by atoms with E-state index >= 15 is 0 Å². The van der Waals surface area contributed by atoms with Crippen molar-refractivity contribution < 1.29 is 14.3 Å². The number of fused-ring (bicyclic) bond motifs is 3. The zero-order valence-electron chi connectivity index (χ0n) is 18.0. The molecule has 4 nitrogen and oxygen atoms in total. The number of allylic oxidation sites excluding steroid dienone is 4. The molecule has 1 aromatic heterocycles. The highest BCUT2D eigenvalue weighted by Gasteiger charge is 2.47. The van der Waals surface area contributed by atoms with Gasteiger partial charge in [0, 0.05) is 11.8 Å². The Morgan fingerprint density at radius 3 is 2.69 bits per heavy atom. The second-order valence-electron chi connectivity index (χ2n) is 8.60. The van der Waals surface area contributed by atoms with Crippen LogP contribution in [0.4, 0.5) is 0 Å². The molecule has 2 unspecified atom stereocenters. The van der Waals surface area contributed by atoms with E-state index in [4.69, 9.17) is 9.15 Å². The van der Waals surface area contributed by atoms with Gasteiger partial charge in [0.15, 0.2) is 0 Å². The van der Waals surface area contributed by atoms with Gasteiger partial charge in [0.2, 0.25) is 5.79 Å². The number of hydrogen-bond donors (Lipinski definition) is 1. The van der Waals surface area contributed by atoms with Crippen molar-refractivity contribution in [2.45, 2.75) is 65.1 Å². The van der Waals surface area contributed by atoms with Crippen LogP contribution in [0.15, 0.2) is 63.4 Å². The normalized spacial score (nSPS) is 24.0. The summed E-state index contributed by atoms with van der Waals surface area (Å²) in [7, 11) is 0. The van der Waals surface area contributed by atoms with Crippen LogP contribution < -0.4 is 10.4 Å². The van der Waals surface area contributed by atoms with Crippen molar-refractivity contribution in [3.05, 3.63) is 75.7 Å². The topological polar surface area (TPSA) is 59.7 Å². The Hall–Kier alpha value is -2.59. The molecule has 4 heteroatoms. The van der Waals surface area contributed by atoms with Gasteiger partial charge >= 0.3 is 5.63 Å². The maximum Gasteiger partial charge on any atom is 0.344 e. The summed E-state index contributed by atoms with van der Waals surface area (Å²) >= 11 is 0. The van der Waals surface area contributed by atoms with E-state index in [1.807, 2.05) is 32.9 Å². The molecule has 0 amide bonds. The van der Waals surface area contributed by atoms with Crippen molar-refractivity contribution in [2.24, 2.45) is 0 Å². The smallest absolute Gasteiger partial charge is 0.344 e. The molecule has 0 aliphatic carbocycles. The number of hydrogen-bond acceptors (Lipinski definition) is 4. The largest absolute Gasteiger partial charge is 0.457 e. The first-order valence-corrected chi connectivity index (χ1v) is 10.0. The number of rotatable bonds is 5. The predicted octanol–water partition coefficient (Wildman–Crippen LogP) is 5.71. The van der Waals surface area contributed by atoms with Gasteiger partial charge in [0.25, 0.3) is 0 Å². The molecule has 2 aromatic rings. The Morgan fingerprint density at radius 2 is 2.03 bits per heavy atom. The fourth-order valence-corrected chi connectivity index (χ4v) is 4.11. The molecule has 1 N–H and O–H groups in total. The molecule has 2 atom stereocenters. The van der Waals surface area contributed by atoms with Crippen LogP contribution in [0.2, 0.25) is 0 Å². The van der Waals surface area contributed by atoms with Crippen LogP contribution >= 0.6 is 0 Å². The Kier molecular flexibility index (Phi) is 5.59. The highest BCUT2D eigenvalue weighted by Crippen LogP contribution is 2.47. The van der Waals surface area contributed by atoms with E-state index < -0.39 is 16.8 Å². The molecule has 0 saturated carbocycles. The Morgan fingerprint density at radius 1 is 1.31 bits per heavy atom. The first-order chi connectivity index (χ1) is 13.6. The van der Waals surface area contributed by atoms with Gasteiger partial charge in [-0.3, -0.25) is 0 Å². The van der Waals surface area contributed by atoms with Crippen LogP contribution in [-0.4, -0.2) is 10.9 Å². The molecule has 0 radical (unpaired) electrons. The SMILES string of the molecule is C=CC1(C)CC(O)(C=C(C)CCC=C(C)C)Oc2c1c(=O)oc1cccc(C)c21. The second kappa shape index (κ2) is 7.68. The number of aryl methyl sites for hydroxylation is 1. The maximum atomic E-state index is 12.8. The molecular formula is C25H30O4. The minimum atomic E-state index is -1.53. The van der Waals surface area contributed by atoms with E-state index in [0.717, 1.165) is 24.0 Å². The van der Waals surface area contributed by atoms with Crippen molar-refractivity contribution in [1.29, 1.82) is 0 Å². The third-order valence-electron chi connectivity index (χ3n) is 5.58. The lowest BCUT2D eigenvalue weighted by molar-refractivity contribution is -0.120. The van der Waals surface area contributed by atoms with Gasteiger partial charge in [-0.2, -0.15) is 0 Å². The van der Waals surface area contributed by atoms with Crippen molar-refractivity contribution >= 4 is 11.0 Å². The molecule has 1 aliphatic rings. The summed E-state index contributed by atoms with van der Waals surface area (Å²) in [6.45, 7) is 13.9. The standard InChI is InChI=1S/C25H30O4/c1-7-24(6)15-25(27,14-17(4)11-8-10-16(2)3)29-22-20-18(5)12-9-13-19(20)28-23(26)21(22)24/h7,9-10,12-14,27H,1,8,11,15H2,2-6H3. The fraction of sp³-hybridized carbons (Fsp3) is 0.400. The lowest BCUT2D eigenvalue weighted by atomic mass is 9.74. The third-order valence-corrected chi connectivity index (χ3v) is 5.58. The van der Waals surface area contributed by atoms with Crippen molar-refractivity contribution in [3.63, 3.8) is 0 Å². The highest BCUT2D eigenvalue weighted by molar-refractivity contribution is 5.88.